The number of halogens is 2. The smallest absolute Gasteiger partial charge is 0.255 e. The van der Waals surface area contributed by atoms with Gasteiger partial charge in [0.15, 0.2) is 0 Å². The normalized spacial score (nSPS) is 19.7. The number of nitrogens with one attached hydrogen (secondary N) is 1. The van der Waals surface area contributed by atoms with Gasteiger partial charge in [0, 0.05) is 42.5 Å². The van der Waals surface area contributed by atoms with Crippen LogP contribution in [0.5, 0.6) is 5.75 Å². The van der Waals surface area contributed by atoms with Crippen molar-refractivity contribution in [2.75, 3.05) is 18.5 Å². The van der Waals surface area contributed by atoms with E-state index >= 15 is 0 Å². The molecule has 0 unspecified atom stereocenters. The maximum absolute atomic E-state index is 13.2. The summed E-state index contributed by atoms with van der Waals surface area (Å²) in [6.45, 7) is 1.53. The highest BCUT2D eigenvalue weighted by Gasteiger charge is 2.38. The Hall–Kier alpha value is -2.71. The van der Waals surface area contributed by atoms with E-state index in [2.05, 4.69) is 31.2 Å². The van der Waals surface area contributed by atoms with Crippen molar-refractivity contribution in [3.05, 3.63) is 64.5 Å². The predicted octanol–water partition coefficient (Wildman–Crippen LogP) is 5.25. The lowest BCUT2D eigenvalue weighted by Crippen LogP contribution is -2.32. The summed E-state index contributed by atoms with van der Waals surface area (Å²) in [5.41, 5.74) is 2.71. The van der Waals surface area contributed by atoms with Crippen molar-refractivity contribution in [3.63, 3.8) is 0 Å². The number of ether oxygens (including phenoxy) is 1. The number of rotatable bonds is 7. The minimum Gasteiger partial charge on any atom is -0.492 e. The second-order valence-corrected chi connectivity index (χ2v) is 9.54. The monoisotopic (exact) mass is 512 g/mol. The van der Waals surface area contributed by atoms with Crippen LogP contribution < -0.4 is 10.1 Å². The zero-order valence-electron chi connectivity index (χ0n) is 18.4. The molecule has 8 heteroatoms. The first-order valence-electron chi connectivity index (χ1n) is 11.3. The minimum absolute atomic E-state index is 0.303. The van der Waals surface area contributed by atoms with Gasteiger partial charge in [-0.3, -0.25) is 14.4 Å². The highest BCUT2D eigenvalue weighted by atomic mass is 79.9. The molecule has 2 aliphatic rings. The third-order valence-electron chi connectivity index (χ3n) is 6.70. The molecule has 1 amide bonds. The van der Waals surface area contributed by atoms with E-state index < -0.39 is 0 Å². The van der Waals surface area contributed by atoms with Gasteiger partial charge < -0.3 is 10.1 Å². The number of hydrogen-bond donors (Lipinski definition) is 1. The summed E-state index contributed by atoms with van der Waals surface area (Å²) < 4.78 is 22.1. The summed E-state index contributed by atoms with van der Waals surface area (Å²) in [5, 5.41) is 7.23. The van der Waals surface area contributed by atoms with Crippen LogP contribution in [0.3, 0.4) is 0 Å². The summed E-state index contributed by atoms with van der Waals surface area (Å²) in [6, 6.07) is 12.5. The standard InChI is InChI=1S/C25H26BrFN4O2/c1-30-24(22(26)15-28-30)21-14-18(29-25(32)16-2-4-17(27)5-3-16)6-11-23(21)33-13-12-31-19-7-8-20(31)10-9-19/h2-6,11,14-15,19-20H,7-10,12-13H2,1H3,(H,29,32). The zero-order valence-corrected chi connectivity index (χ0v) is 20.0. The Bertz CT molecular complexity index is 1120. The number of nitrogens with zero attached hydrogens (tertiary/aromatic N) is 3. The van der Waals surface area contributed by atoms with Crippen LogP contribution in [-0.4, -0.2) is 45.8 Å². The molecule has 0 aliphatic carbocycles. The van der Waals surface area contributed by atoms with E-state index in [0.717, 1.165) is 28.0 Å². The number of aryl methyl sites for hydroxylation is 1. The van der Waals surface area contributed by atoms with E-state index in [4.69, 9.17) is 4.74 Å². The Morgan fingerprint density at radius 2 is 1.85 bits per heavy atom. The van der Waals surface area contributed by atoms with Crippen molar-refractivity contribution >= 4 is 27.5 Å². The number of carbonyl (C=O) groups excluding carboxylic acids is 1. The predicted molar refractivity (Wildman–Crippen MR) is 129 cm³/mol. The molecule has 5 rings (SSSR count). The van der Waals surface area contributed by atoms with Crippen molar-refractivity contribution in [1.29, 1.82) is 0 Å². The topological polar surface area (TPSA) is 59.4 Å². The Morgan fingerprint density at radius 1 is 1.15 bits per heavy atom. The van der Waals surface area contributed by atoms with Crippen LogP contribution in [0.15, 0.2) is 53.1 Å². The average Bonchev–Trinajstić information content (AvgIpc) is 3.49. The maximum Gasteiger partial charge on any atom is 0.255 e. The molecule has 172 valence electrons. The zero-order chi connectivity index (χ0) is 22.9. The molecule has 3 aromatic rings. The Morgan fingerprint density at radius 3 is 2.48 bits per heavy atom. The molecule has 2 bridgehead atoms. The fourth-order valence-corrected chi connectivity index (χ4v) is 5.64. The number of benzene rings is 2. The quantitative estimate of drug-likeness (QED) is 0.469. The van der Waals surface area contributed by atoms with Gasteiger partial charge >= 0.3 is 0 Å². The number of aromatic nitrogens is 2. The molecular weight excluding hydrogens is 487 g/mol. The molecule has 6 nitrogen and oxygen atoms in total. The first-order chi connectivity index (χ1) is 16.0. The number of amides is 1. The number of hydrogen-bond acceptors (Lipinski definition) is 4. The fourth-order valence-electron chi connectivity index (χ4n) is 5.08. The van der Waals surface area contributed by atoms with Gasteiger partial charge in [-0.25, -0.2) is 4.39 Å². The lowest BCUT2D eigenvalue weighted by atomic mass is 10.0. The van der Waals surface area contributed by atoms with Crippen LogP contribution in [-0.2, 0) is 7.05 Å². The average molecular weight is 513 g/mol. The molecule has 3 heterocycles. The van der Waals surface area contributed by atoms with Gasteiger partial charge in [0.05, 0.1) is 16.4 Å². The lowest BCUT2D eigenvalue weighted by molar-refractivity contribution is 0.102. The van der Waals surface area contributed by atoms with Gasteiger partial charge in [-0.1, -0.05) is 0 Å². The van der Waals surface area contributed by atoms with E-state index in [9.17, 15) is 9.18 Å². The summed E-state index contributed by atoms with van der Waals surface area (Å²) >= 11 is 3.58. The molecule has 33 heavy (non-hydrogen) atoms. The molecule has 2 saturated heterocycles. The minimum atomic E-state index is -0.377. The highest BCUT2D eigenvalue weighted by molar-refractivity contribution is 9.10. The van der Waals surface area contributed by atoms with Crippen molar-refractivity contribution < 1.29 is 13.9 Å². The third-order valence-corrected chi connectivity index (χ3v) is 7.28. The second kappa shape index (κ2) is 9.27. The van der Waals surface area contributed by atoms with Crippen molar-refractivity contribution in [2.45, 2.75) is 37.8 Å². The Labute approximate surface area is 200 Å². The van der Waals surface area contributed by atoms with Crippen molar-refractivity contribution in [2.24, 2.45) is 7.05 Å². The summed E-state index contributed by atoms with van der Waals surface area (Å²) in [7, 11) is 1.87. The van der Waals surface area contributed by atoms with Crippen LogP contribution >= 0.6 is 15.9 Å². The Kier molecular flexibility index (Phi) is 6.21. The van der Waals surface area contributed by atoms with E-state index in [1.165, 1.54) is 49.9 Å². The molecule has 2 aromatic carbocycles. The van der Waals surface area contributed by atoms with Gasteiger partial charge in [0.2, 0.25) is 0 Å². The molecule has 0 spiro atoms. The van der Waals surface area contributed by atoms with E-state index in [-0.39, 0.29) is 11.7 Å². The van der Waals surface area contributed by atoms with Crippen LogP contribution in [0.25, 0.3) is 11.3 Å². The van der Waals surface area contributed by atoms with Gasteiger partial charge in [-0.2, -0.15) is 5.10 Å². The largest absolute Gasteiger partial charge is 0.492 e. The molecular formula is C25H26BrFN4O2. The molecule has 1 N–H and O–H groups in total. The Balaban J connectivity index is 1.36. The van der Waals surface area contributed by atoms with Crippen molar-refractivity contribution in [1.82, 2.24) is 14.7 Å². The molecule has 0 saturated carbocycles. The SMILES string of the molecule is Cn1ncc(Br)c1-c1cc(NC(=O)c2ccc(F)cc2)ccc1OCCN1C2CCC1CC2. The second-order valence-electron chi connectivity index (χ2n) is 8.69. The fraction of sp³-hybridized carbons (Fsp3) is 0.360. The molecule has 1 aromatic heterocycles. The van der Waals surface area contributed by atoms with Crippen LogP contribution in [0.1, 0.15) is 36.0 Å². The maximum atomic E-state index is 13.2. The molecule has 0 radical (unpaired) electrons. The highest BCUT2D eigenvalue weighted by Crippen LogP contribution is 2.38. The van der Waals surface area contributed by atoms with E-state index in [1.54, 1.807) is 10.9 Å². The van der Waals surface area contributed by atoms with Gasteiger partial charge in [0.1, 0.15) is 18.2 Å². The summed E-state index contributed by atoms with van der Waals surface area (Å²) in [6.07, 6.45) is 6.96. The third kappa shape index (κ3) is 4.54. The van der Waals surface area contributed by atoms with Gasteiger partial charge in [0.25, 0.3) is 5.91 Å². The van der Waals surface area contributed by atoms with Gasteiger partial charge in [-0.15, -0.1) is 0 Å². The summed E-state index contributed by atoms with van der Waals surface area (Å²) in [4.78, 5) is 15.2. The number of fused-ring (bicyclic) bond motifs is 2. The molecule has 2 aliphatic heterocycles. The molecule has 0 atom stereocenters. The van der Waals surface area contributed by atoms with Crippen molar-refractivity contribution in [3.8, 4) is 17.0 Å². The number of anilines is 1. The lowest BCUT2D eigenvalue weighted by Gasteiger charge is -2.22. The van der Waals surface area contributed by atoms with E-state index in [1.807, 2.05) is 25.2 Å². The van der Waals surface area contributed by atoms with Gasteiger partial charge in [-0.05, 0) is 84.1 Å². The number of carbonyl (C=O) groups is 1. The van der Waals surface area contributed by atoms with Crippen LogP contribution in [0.4, 0.5) is 10.1 Å². The van der Waals surface area contributed by atoms with Crippen LogP contribution in [0.2, 0.25) is 0 Å². The first-order valence-corrected chi connectivity index (χ1v) is 12.1. The molecule has 2 fully saturated rings. The summed E-state index contributed by atoms with van der Waals surface area (Å²) in [5.74, 6) is 0.0622. The van der Waals surface area contributed by atoms with E-state index in [0.29, 0.717) is 29.9 Å². The van der Waals surface area contributed by atoms with Crippen LogP contribution in [0, 0.1) is 5.82 Å². The first kappa shape index (κ1) is 22.1.